The van der Waals surface area contributed by atoms with Crippen LogP contribution in [0.3, 0.4) is 0 Å². The van der Waals surface area contributed by atoms with Crippen LogP contribution in [0.2, 0.25) is 5.02 Å². The number of rotatable bonds is 6. The lowest BCUT2D eigenvalue weighted by Gasteiger charge is -2.39. The summed E-state index contributed by atoms with van der Waals surface area (Å²) in [5, 5.41) is 2.05. The lowest BCUT2D eigenvalue weighted by Crippen LogP contribution is -2.59. The minimum Gasteiger partial charge on any atom is -0.465 e. The third-order valence-corrected chi connectivity index (χ3v) is 8.84. The molecule has 0 radical (unpaired) electrons. The number of halogens is 2. The summed E-state index contributed by atoms with van der Waals surface area (Å²) in [5.74, 6) is -0.982. The second kappa shape index (κ2) is 12.3. The maximum atomic E-state index is 13.7. The Kier molecular flexibility index (Phi) is 9.10. The van der Waals surface area contributed by atoms with Crippen molar-refractivity contribution in [2.24, 2.45) is 0 Å². The molecule has 1 saturated heterocycles. The molecule has 11 heteroatoms. The Bertz CT molecular complexity index is 1630. The minimum absolute atomic E-state index is 0. The number of amides is 1. The molecule has 0 aliphatic carbocycles. The van der Waals surface area contributed by atoms with Gasteiger partial charge in [0.25, 0.3) is 5.91 Å². The molecule has 1 aromatic heterocycles. The molecule has 0 spiro atoms. The number of sulfonamides is 1. The van der Waals surface area contributed by atoms with Crippen molar-refractivity contribution in [1.29, 1.82) is 0 Å². The number of pyridine rings is 1. The molecule has 40 heavy (non-hydrogen) atoms. The SMILES string of the molecule is CCOC(=O)C1CN(C(=O)c2ccc(-c3ccncc3)cc2)CCN1S(=O)(=O)c1ccc2cc(Cl)ccc2c1.Cl. The number of fused-ring (bicyclic) bond motifs is 1. The van der Waals surface area contributed by atoms with Gasteiger partial charge in [-0.15, -0.1) is 12.4 Å². The Labute approximate surface area is 244 Å². The van der Waals surface area contributed by atoms with E-state index in [4.69, 9.17) is 16.3 Å². The van der Waals surface area contributed by atoms with Crippen LogP contribution in [0.4, 0.5) is 0 Å². The summed E-state index contributed by atoms with van der Waals surface area (Å²) in [6.45, 7) is 1.70. The molecule has 0 bridgehead atoms. The highest BCUT2D eigenvalue weighted by Gasteiger charge is 2.42. The molecule has 5 rings (SSSR count). The number of hydrogen-bond donors (Lipinski definition) is 0. The van der Waals surface area contributed by atoms with Crippen molar-refractivity contribution in [1.82, 2.24) is 14.2 Å². The van der Waals surface area contributed by atoms with E-state index >= 15 is 0 Å². The largest absolute Gasteiger partial charge is 0.465 e. The van der Waals surface area contributed by atoms with Gasteiger partial charge >= 0.3 is 5.97 Å². The zero-order chi connectivity index (χ0) is 27.6. The fourth-order valence-electron chi connectivity index (χ4n) is 4.69. The Morgan fingerprint density at radius 2 is 1.57 bits per heavy atom. The van der Waals surface area contributed by atoms with E-state index in [-0.39, 0.29) is 49.5 Å². The van der Waals surface area contributed by atoms with E-state index in [2.05, 4.69) is 4.98 Å². The number of carbonyl (C=O) groups excluding carboxylic acids is 2. The molecule has 0 N–H and O–H groups in total. The second-order valence-electron chi connectivity index (χ2n) is 9.10. The second-order valence-corrected chi connectivity index (χ2v) is 11.4. The van der Waals surface area contributed by atoms with Gasteiger partial charge < -0.3 is 9.64 Å². The van der Waals surface area contributed by atoms with Crippen molar-refractivity contribution < 1.29 is 22.7 Å². The maximum Gasteiger partial charge on any atom is 0.326 e. The molecule has 1 aliphatic rings. The molecule has 8 nitrogen and oxygen atoms in total. The van der Waals surface area contributed by atoms with E-state index in [0.717, 1.165) is 20.8 Å². The molecule has 1 aliphatic heterocycles. The summed E-state index contributed by atoms with van der Waals surface area (Å²) in [5.41, 5.74) is 2.36. The molecule has 3 aromatic carbocycles. The minimum atomic E-state index is -4.07. The van der Waals surface area contributed by atoms with E-state index in [1.165, 1.54) is 11.0 Å². The first-order valence-corrected chi connectivity index (χ1v) is 14.3. The fourth-order valence-corrected chi connectivity index (χ4v) is 6.47. The van der Waals surface area contributed by atoms with Gasteiger partial charge in [0.05, 0.1) is 11.5 Å². The zero-order valence-corrected chi connectivity index (χ0v) is 24.0. The summed E-state index contributed by atoms with van der Waals surface area (Å²) in [7, 11) is -4.07. The molecule has 1 fully saturated rings. The van der Waals surface area contributed by atoms with Crippen LogP contribution in [-0.4, -0.2) is 66.8 Å². The van der Waals surface area contributed by atoms with Crippen LogP contribution < -0.4 is 0 Å². The van der Waals surface area contributed by atoms with Crippen LogP contribution in [0, 0.1) is 0 Å². The zero-order valence-electron chi connectivity index (χ0n) is 21.6. The van der Waals surface area contributed by atoms with Crippen molar-refractivity contribution in [2.75, 3.05) is 26.2 Å². The quantitative estimate of drug-likeness (QED) is 0.287. The number of nitrogens with zero attached hydrogens (tertiary/aromatic N) is 3. The summed E-state index contributed by atoms with van der Waals surface area (Å²) in [4.78, 5) is 31.9. The molecule has 2 heterocycles. The highest BCUT2D eigenvalue weighted by Crippen LogP contribution is 2.28. The average molecular weight is 601 g/mol. The van der Waals surface area contributed by atoms with E-state index in [1.54, 1.807) is 61.8 Å². The van der Waals surface area contributed by atoms with Crippen molar-refractivity contribution in [3.63, 3.8) is 0 Å². The predicted molar refractivity (Wildman–Crippen MR) is 156 cm³/mol. The Hall–Kier alpha value is -3.50. The number of aromatic nitrogens is 1. The fraction of sp³-hybridized carbons (Fsp3) is 0.207. The van der Waals surface area contributed by atoms with Crippen LogP contribution in [0.25, 0.3) is 21.9 Å². The Morgan fingerprint density at radius 3 is 2.27 bits per heavy atom. The average Bonchev–Trinajstić information content (AvgIpc) is 2.96. The van der Waals surface area contributed by atoms with Crippen LogP contribution in [-0.2, 0) is 19.6 Å². The van der Waals surface area contributed by atoms with Gasteiger partial charge in [-0.05, 0) is 77.4 Å². The molecule has 1 atom stereocenters. The lowest BCUT2D eigenvalue weighted by molar-refractivity contribution is -0.149. The van der Waals surface area contributed by atoms with Crippen LogP contribution in [0.1, 0.15) is 17.3 Å². The van der Waals surface area contributed by atoms with E-state index in [1.807, 2.05) is 24.3 Å². The molecule has 0 saturated carbocycles. The molecule has 208 valence electrons. The highest BCUT2D eigenvalue weighted by molar-refractivity contribution is 7.89. The Balaban J connectivity index is 0.00000370. The number of esters is 1. The first kappa shape index (κ1) is 29.5. The monoisotopic (exact) mass is 599 g/mol. The van der Waals surface area contributed by atoms with Crippen LogP contribution in [0.5, 0.6) is 0 Å². The molecule has 1 amide bonds. The first-order chi connectivity index (χ1) is 18.8. The molecule has 1 unspecified atom stereocenters. The van der Waals surface area contributed by atoms with Crippen molar-refractivity contribution in [2.45, 2.75) is 17.9 Å². The smallest absolute Gasteiger partial charge is 0.326 e. The van der Waals surface area contributed by atoms with Crippen molar-refractivity contribution in [3.8, 4) is 11.1 Å². The van der Waals surface area contributed by atoms with Crippen LogP contribution >= 0.6 is 24.0 Å². The third kappa shape index (κ3) is 5.97. The molecule has 4 aromatic rings. The van der Waals surface area contributed by atoms with Gasteiger partial charge in [-0.1, -0.05) is 35.9 Å². The topological polar surface area (TPSA) is 96.9 Å². The number of piperazine rings is 1. The number of ether oxygens (including phenoxy) is 1. The summed E-state index contributed by atoms with van der Waals surface area (Å²) in [6.07, 6.45) is 3.40. The van der Waals surface area contributed by atoms with Gasteiger partial charge in [0, 0.05) is 42.6 Å². The predicted octanol–water partition coefficient (Wildman–Crippen LogP) is 5.06. The van der Waals surface area contributed by atoms with Gasteiger partial charge in [-0.2, -0.15) is 4.31 Å². The van der Waals surface area contributed by atoms with Crippen molar-refractivity contribution in [3.05, 3.63) is 95.8 Å². The normalized spacial score (nSPS) is 15.8. The van der Waals surface area contributed by atoms with Gasteiger partial charge in [-0.3, -0.25) is 14.6 Å². The standard InChI is InChI=1S/C29H26ClN3O5S.ClH/c1-2-38-29(35)27-19-32(28(34)22-5-3-20(4-6-22)21-11-13-31-14-12-21)15-16-33(27)39(36,37)26-10-8-23-17-25(30)9-7-24(23)18-26;/h3-14,17-18,27H,2,15-16,19H2,1H3;1H. The summed E-state index contributed by atoms with van der Waals surface area (Å²) >= 11 is 6.06. The molecular weight excluding hydrogens is 573 g/mol. The number of hydrogen-bond acceptors (Lipinski definition) is 6. The number of carbonyl (C=O) groups is 2. The van der Waals surface area contributed by atoms with Gasteiger partial charge in [-0.25, -0.2) is 8.42 Å². The Morgan fingerprint density at radius 1 is 0.925 bits per heavy atom. The summed E-state index contributed by atoms with van der Waals surface area (Å²) < 4.78 is 33.8. The highest BCUT2D eigenvalue weighted by atomic mass is 35.5. The summed E-state index contributed by atoms with van der Waals surface area (Å²) in [6, 6.07) is 19.7. The van der Waals surface area contributed by atoms with Gasteiger partial charge in [0.15, 0.2) is 0 Å². The van der Waals surface area contributed by atoms with Gasteiger partial charge in [0.1, 0.15) is 6.04 Å². The first-order valence-electron chi connectivity index (χ1n) is 12.5. The third-order valence-electron chi connectivity index (χ3n) is 6.70. The van der Waals surface area contributed by atoms with Gasteiger partial charge in [0.2, 0.25) is 10.0 Å². The van der Waals surface area contributed by atoms with E-state index < -0.39 is 22.0 Å². The van der Waals surface area contributed by atoms with Crippen molar-refractivity contribution >= 4 is 56.7 Å². The maximum absolute atomic E-state index is 13.7. The number of benzene rings is 3. The lowest BCUT2D eigenvalue weighted by atomic mass is 10.0. The van der Waals surface area contributed by atoms with Crippen LogP contribution in [0.15, 0.2) is 90.1 Å². The molecular formula is C29H27Cl2N3O5S. The van der Waals surface area contributed by atoms with E-state index in [9.17, 15) is 18.0 Å². The van der Waals surface area contributed by atoms with E-state index in [0.29, 0.717) is 16.0 Å².